The molecule has 13 heteroatoms. The molecule has 3 aromatic rings. The first-order chi connectivity index (χ1) is 22.2. The van der Waals surface area contributed by atoms with Gasteiger partial charge in [-0.1, -0.05) is 84.6 Å². The van der Waals surface area contributed by atoms with Crippen LogP contribution in [0.1, 0.15) is 76.7 Å². The van der Waals surface area contributed by atoms with Crippen molar-refractivity contribution < 1.29 is 32.7 Å². The van der Waals surface area contributed by atoms with Gasteiger partial charge in [-0.05, 0) is 59.7 Å². The average molecular weight is 689 g/mol. The van der Waals surface area contributed by atoms with Gasteiger partial charge in [0.1, 0.15) is 0 Å². The molecule has 5 rings (SSSR count). The summed E-state index contributed by atoms with van der Waals surface area (Å²) in [5.41, 5.74) is 5.76. The van der Waals surface area contributed by atoms with Gasteiger partial charge in [-0.25, -0.2) is 14.4 Å². The van der Waals surface area contributed by atoms with Crippen LogP contribution in [0.3, 0.4) is 0 Å². The summed E-state index contributed by atoms with van der Waals surface area (Å²) in [5.74, 6) is -2.00. The topological polar surface area (TPSA) is 134 Å². The van der Waals surface area contributed by atoms with E-state index in [4.69, 9.17) is 32.8 Å². The minimum atomic E-state index is -2.30. The molecule has 1 aliphatic carbocycles. The second-order valence-electron chi connectivity index (χ2n) is 11.4. The van der Waals surface area contributed by atoms with Gasteiger partial charge in [0.25, 0.3) is 11.8 Å². The number of nitrogens with zero attached hydrogens (tertiary/aromatic N) is 1. The van der Waals surface area contributed by atoms with E-state index < -0.39 is 41.2 Å². The van der Waals surface area contributed by atoms with Crippen molar-refractivity contribution in [3.05, 3.63) is 105 Å². The number of hydroxylamine groups is 1. The quantitative estimate of drug-likeness (QED) is 0.134. The maximum atomic E-state index is 14.3. The van der Waals surface area contributed by atoms with Crippen LogP contribution in [0.5, 0.6) is 0 Å². The number of halogens is 2. The highest BCUT2D eigenvalue weighted by Gasteiger charge is 2.49. The number of hydrogen-bond acceptors (Lipinski definition) is 6. The predicted molar refractivity (Wildman–Crippen MR) is 174 cm³/mol. The summed E-state index contributed by atoms with van der Waals surface area (Å²) >= 11 is 10.7. The molecular formula is C33H35Cl2N3O7S. The number of hydrogen-bond donors (Lipinski definition) is 3. The van der Waals surface area contributed by atoms with Gasteiger partial charge in [0.05, 0.1) is 25.7 Å². The predicted octanol–water partition coefficient (Wildman–Crippen LogP) is 5.67. The fraction of sp³-hybridized carbons (Fsp3) is 0.364. The summed E-state index contributed by atoms with van der Waals surface area (Å²) in [6, 6.07) is 17.5. The summed E-state index contributed by atoms with van der Waals surface area (Å²) in [5, 5.41) is 0.683. The van der Waals surface area contributed by atoms with Crippen molar-refractivity contribution in [3.8, 4) is 0 Å². The lowest BCUT2D eigenvalue weighted by atomic mass is 9.76. The number of aryl methyl sites for hydroxylation is 1. The van der Waals surface area contributed by atoms with Crippen molar-refractivity contribution in [2.24, 2.45) is 0 Å². The molecule has 1 saturated carbocycles. The fourth-order valence-electron chi connectivity index (χ4n) is 6.39. The molecule has 1 aliphatic heterocycles. The van der Waals surface area contributed by atoms with Crippen LogP contribution in [0.4, 0.5) is 0 Å². The summed E-state index contributed by atoms with van der Waals surface area (Å²) in [7, 11) is 1.36. The van der Waals surface area contributed by atoms with E-state index >= 15 is 0 Å². The molecule has 10 nitrogen and oxygen atoms in total. The largest absolute Gasteiger partial charge is 0.469 e. The Balaban J connectivity index is 1.45. The Labute approximate surface area is 280 Å². The van der Waals surface area contributed by atoms with E-state index in [1.165, 1.54) is 7.11 Å². The standard InChI is InChI=1S/C33H35Cl2N3O7S/c1-44-29(39)17-14-20-10-12-21(13-11-20)19-45-36-32(40)30-23-6-2-3-7-24(23)33(41)38(28-9-5-4-8-27(28)37-46(42)43)31(30)25-16-15-22(34)18-26(25)35/h2-3,6-7,10-13,15-16,18,27-28,30-31,37H,4-5,8-9,14,17,19H2,1H3,(H,36,40)(H,42,43)/t27-,28?,30+,31-/m0/s1. The maximum Gasteiger partial charge on any atom is 0.305 e. The fourth-order valence-corrected chi connectivity index (χ4v) is 7.44. The summed E-state index contributed by atoms with van der Waals surface area (Å²) in [4.78, 5) is 47.3. The van der Waals surface area contributed by atoms with Gasteiger partial charge < -0.3 is 9.64 Å². The third-order valence-corrected chi connectivity index (χ3v) is 9.63. The lowest BCUT2D eigenvalue weighted by molar-refractivity contribution is -0.140. The highest BCUT2D eigenvalue weighted by molar-refractivity contribution is 7.77. The number of amides is 2. The van der Waals surface area contributed by atoms with Crippen molar-refractivity contribution in [3.63, 3.8) is 0 Å². The minimum Gasteiger partial charge on any atom is -0.469 e. The van der Waals surface area contributed by atoms with Gasteiger partial charge in [0.2, 0.25) is 11.3 Å². The third-order valence-electron chi connectivity index (χ3n) is 8.56. The smallest absolute Gasteiger partial charge is 0.305 e. The van der Waals surface area contributed by atoms with Gasteiger partial charge >= 0.3 is 5.97 Å². The second-order valence-corrected chi connectivity index (χ2v) is 12.9. The molecule has 0 bridgehead atoms. The highest BCUT2D eigenvalue weighted by atomic mass is 35.5. The molecule has 2 unspecified atom stereocenters. The first-order valence-electron chi connectivity index (χ1n) is 15.0. The molecule has 2 aliphatic rings. The third kappa shape index (κ3) is 7.79. The minimum absolute atomic E-state index is 0.0728. The van der Waals surface area contributed by atoms with E-state index in [-0.39, 0.29) is 29.9 Å². The van der Waals surface area contributed by atoms with Gasteiger partial charge in [-0.3, -0.25) is 23.8 Å². The molecule has 1 heterocycles. The number of carbonyl (C=O) groups is 3. The number of esters is 1. The lowest BCUT2D eigenvalue weighted by Gasteiger charge is -2.49. The first-order valence-corrected chi connectivity index (χ1v) is 16.8. The van der Waals surface area contributed by atoms with Crippen LogP contribution in [-0.2, 0) is 43.5 Å². The molecular weight excluding hydrogens is 653 g/mol. The van der Waals surface area contributed by atoms with E-state index in [2.05, 4.69) is 10.2 Å². The molecule has 1 fully saturated rings. The van der Waals surface area contributed by atoms with Crippen molar-refractivity contribution in [2.45, 2.75) is 69.2 Å². The van der Waals surface area contributed by atoms with Gasteiger partial charge in [0.15, 0.2) is 0 Å². The second kappa shape index (κ2) is 15.5. The average Bonchev–Trinajstić information content (AvgIpc) is 3.04. The Morgan fingerprint density at radius 2 is 1.72 bits per heavy atom. The maximum absolute atomic E-state index is 14.3. The Kier molecular flexibility index (Phi) is 11.5. The first kappa shape index (κ1) is 34.0. The molecule has 0 spiro atoms. The van der Waals surface area contributed by atoms with Crippen LogP contribution in [-0.4, -0.2) is 50.6 Å². The van der Waals surface area contributed by atoms with Crippen LogP contribution >= 0.6 is 23.2 Å². The number of carbonyl (C=O) groups excluding carboxylic acids is 3. The SMILES string of the molecule is COC(=O)CCc1ccc(CONC(=O)[C@@H]2c3ccccc3C(=O)N(C3CCCC[C@@H]3NS(=O)O)[C@H]2c2ccc(Cl)cc2Cl)cc1. The zero-order valence-corrected chi connectivity index (χ0v) is 27.4. The Bertz CT molecular complexity index is 1610. The van der Waals surface area contributed by atoms with Gasteiger partial charge in [-0.15, -0.1) is 0 Å². The molecule has 2 amide bonds. The molecule has 3 aromatic carbocycles. The Morgan fingerprint density at radius 3 is 2.43 bits per heavy atom. The van der Waals surface area contributed by atoms with Crippen molar-refractivity contribution >= 4 is 52.3 Å². The number of nitrogens with one attached hydrogen (secondary N) is 2. The lowest BCUT2D eigenvalue weighted by Crippen LogP contribution is -2.58. The van der Waals surface area contributed by atoms with E-state index in [1.54, 1.807) is 47.4 Å². The Hall–Kier alpha value is -3.32. The molecule has 3 N–H and O–H groups in total. The normalized spacial score (nSPS) is 21.7. The van der Waals surface area contributed by atoms with Crippen LogP contribution in [0, 0.1) is 0 Å². The summed E-state index contributed by atoms with van der Waals surface area (Å²) in [6.45, 7) is 0.0728. The molecule has 5 atom stereocenters. The molecule has 0 aromatic heterocycles. The molecule has 0 radical (unpaired) electrons. The van der Waals surface area contributed by atoms with Crippen LogP contribution in [0.2, 0.25) is 10.0 Å². The van der Waals surface area contributed by atoms with Crippen LogP contribution in [0.25, 0.3) is 0 Å². The summed E-state index contributed by atoms with van der Waals surface area (Å²) < 4.78 is 29.0. The van der Waals surface area contributed by atoms with E-state index in [9.17, 15) is 23.1 Å². The number of methoxy groups -OCH3 is 1. The monoisotopic (exact) mass is 687 g/mol. The van der Waals surface area contributed by atoms with E-state index in [1.807, 2.05) is 24.3 Å². The Morgan fingerprint density at radius 1 is 1.00 bits per heavy atom. The zero-order valence-electron chi connectivity index (χ0n) is 25.1. The van der Waals surface area contributed by atoms with Crippen molar-refractivity contribution in [1.82, 2.24) is 15.1 Å². The number of fused-ring (bicyclic) bond motifs is 1. The summed E-state index contributed by atoms with van der Waals surface area (Å²) in [6.07, 6.45) is 3.57. The van der Waals surface area contributed by atoms with Gasteiger partial charge in [-0.2, -0.15) is 0 Å². The highest BCUT2D eigenvalue weighted by Crippen LogP contribution is 2.47. The molecule has 46 heavy (non-hydrogen) atoms. The number of ether oxygens (including phenoxy) is 1. The van der Waals surface area contributed by atoms with Crippen LogP contribution < -0.4 is 10.2 Å². The zero-order chi connectivity index (χ0) is 32.8. The van der Waals surface area contributed by atoms with Crippen molar-refractivity contribution in [2.75, 3.05) is 7.11 Å². The van der Waals surface area contributed by atoms with Gasteiger partial charge in [0, 0.05) is 34.1 Å². The van der Waals surface area contributed by atoms with Crippen LogP contribution in [0.15, 0.2) is 66.7 Å². The van der Waals surface area contributed by atoms with E-state index in [0.29, 0.717) is 41.0 Å². The number of benzene rings is 3. The molecule has 0 saturated heterocycles. The van der Waals surface area contributed by atoms with Crippen molar-refractivity contribution in [1.29, 1.82) is 0 Å². The number of rotatable bonds is 11. The van der Waals surface area contributed by atoms with E-state index in [0.717, 1.165) is 24.0 Å². The molecule has 244 valence electrons.